The van der Waals surface area contributed by atoms with Gasteiger partial charge in [-0.05, 0) is 62.2 Å². The Balaban J connectivity index is 2.45. The highest BCUT2D eigenvalue weighted by Crippen LogP contribution is 2.34. The van der Waals surface area contributed by atoms with Crippen LogP contribution in [0.3, 0.4) is 0 Å². The molecule has 0 fully saturated rings. The summed E-state index contributed by atoms with van der Waals surface area (Å²) in [5.74, 6) is 0.965. The molecule has 0 radical (unpaired) electrons. The summed E-state index contributed by atoms with van der Waals surface area (Å²) in [6, 6.07) is 7.72. The maximum Gasteiger partial charge on any atom is 0.133 e. The summed E-state index contributed by atoms with van der Waals surface area (Å²) in [5, 5.41) is 0.666. The van der Waals surface area contributed by atoms with Crippen molar-refractivity contribution >= 4 is 11.6 Å². The Bertz CT molecular complexity index is 617. The van der Waals surface area contributed by atoms with Crippen LogP contribution in [0.2, 0.25) is 5.02 Å². The van der Waals surface area contributed by atoms with Gasteiger partial charge in [0.1, 0.15) is 17.3 Å². The average molecular weight is 294 g/mol. The summed E-state index contributed by atoms with van der Waals surface area (Å²) in [6.07, 6.45) is 0. The number of halogens is 2. The van der Waals surface area contributed by atoms with Crippen LogP contribution in [0, 0.1) is 19.7 Å². The van der Waals surface area contributed by atoms with E-state index in [1.54, 1.807) is 13.0 Å². The van der Waals surface area contributed by atoms with Crippen LogP contribution >= 0.6 is 11.6 Å². The van der Waals surface area contributed by atoms with Gasteiger partial charge in [-0.1, -0.05) is 11.6 Å². The lowest BCUT2D eigenvalue weighted by molar-refractivity contribution is 0.462. The molecule has 2 N–H and O–H groups in total. The van der Waals surface area contributed by atoms with Crippen LogP contribution in [0.5, 0.6) is 11.5 Å². The molecule has 0 saturated carbocycles. The number of benzene rings is 2. The van der Waals surface area contributed by atoms with Gasteiger partial charge in [-0.2, -0.15) is 0 Å². The Morgan fingerprint density at radius 2 is 1.75 bits per heavy atom. The maximum atomic E-state index is 13.3. The second-order valence-electron chi connectivity index (χ2n) is 4.94. The lowest BCUT2D eigenvalue weighted by Crippen LogP contribution is -2.07. The number of aryl methyl sites for hydroxylation is 2. The van der Waals surface area contributed by atoms with Gasteiger partial charge in [0, 0.05) is 16.6 Å². The smallest absolute Gasteiger partial charge is 0.133 e. The van der Waals surface area contributed by atoms with E-state index in [1.165, 1.54) is 12.1 Å². The first-order valence-electron chi connectivity index (χ1n) is 6.38. The third kappa shape index (κ3) is 3.11. The summed E-state index contributed by atoms with van der Waals surface area (Å²) in [5.41, 5.74) is 8.36. The first kappa shape index (κ1) is 14.8. The van der Waals surface area contributed by atoms with Gasteiger partial charge in [0.15, 0.2) is 0 Å². The molecule has 1 unspecified atom stereocenters. The van der Waals surface area contributed by atoms with Crippen LogP contribution in [0.15, 0.2) is 30.3 Å². The molecule has 0 aliphatic carbocycles. The first-order chi connectivity index (χ1) is 9.38. The van der Waals surface area contributed by atoms with Crippen molar-refractivity contribution in [2.75, 3.05) is 0 Å². The second kappa shape index (κ2) is 5.81. The van der Waals surface area contributed by atoms with Crippen LogP contribution < -0.4 is 10.5 Å². The Hall–Kier alpha value is -1.58. The van der Waals surface area contributed by atoms with E-state index in [1.807, 2.05) is 26.0 Å². The van der Waals surface area contributed by atoms with Gasteiger partial charge in [-0.15, -0.1) is 0 Å². The van der Waals surface area contributed by atoms with Crippen molar-refractivity contribution in [2.45, 2.75) is 26.8 Å². The molecule has 0 aliphatic rings. The largest absolute Gasteiger partial charge is 0.456 e. The molecule has 0 spiro atoms. The van der Waals surface area contributed by atoms with Crippen molar-refractivity contribution in [1.82, 2.24) is 0 Å². The highest BCUT2D eigenvalue weighted by atomic mass is 35.5. The van der Waals surface area contributed by atoms with Crippen molar-refractivity contribution < 1.29 is 9.13 Å². The van der Waals surface area contributed by atoms with E-state index in [-0.39, 0.29) is 11.9 Å². The molecule has 0 amide bonds. The van der Waals surface area contributed by atoms with Gasteiger partial charge >= 0.3 is 0 Å². The normalized spacial score (nSPS) is 12.3. The zero-order valence-electron chi connectivity index (χ0n) is 11.7. The molecule has 20 heavy (non-hydrogen) atoms. The third-order valence-corrected chi connectivity index (χ3v) is 3.32. The zero-order chi connectivity index (χ0) is 14.9. The van der Waals surface area contributed by atoms with Crippen LogP contribution in [0.4, 0.5) is 4.39 Å². The molecule has 0 heterocycles. The van der Waals surface area contributed by atoms with E-state index >= 15 is 0 Å². The Kier molecular flexibility index (Phi) is 4.31. The standard InChI is InChI=1S/C16H17ClFNO/c1-9-6-12(17)7-10(2)16(9)20-15-5-4-13(18)8-14(15)11(3)19/h4-8,11H,19H2,1-3H3. The predicted molar refractivity (Wildman–Crippen MR) is 80.0 cm³/mol. The van der Waals surface area contributed by atoms with E-state index < -0.39 is 0 Å². The summed E-state index contributed by atoms with van der Waals surface area (Å²) in [6.45, 7) is 5.63. The fourth-order valence-electron chi connectivity index (χ4n) is 2.14. The van der Waals surface area contributed by atoms with Gasteiger partial charge in [0.2, 0.25) is 0 Å². The van der Waals surface area contributed by atoms with E-state index in [0.29, 0.717) is 16.3 Å². The lowest BCUT2D eigenvalue weighted by Gasteiger charge is -2.17. The molecule has 0 bridgehead atoms. The third-order valence-electron chi connectivity index (χ3n) is 3.10. The molecule has 106 valence electrons. The van der Waals surface area contributed by atoms with Gasteiger partial charge in [-0.3, -0.25) is 0 Å². The van der Waals surface area contributed by atoms with E-state index in [2.05, 4.69) is 0 Å². The van der Waals surface area contributed by atoms with Crippen molar-refractivity contribution in [3.63, 3.8) is 0 Å². The fourth-order valence-corrected chi connectivity index (χ4v) is 2.46. The minimum atomic E-state index is -0.325. The number of hydrogen-bond acceptors (Lipinski definition) is 2. The van der Waals surface area contributed by atoms with E-state index in [0.717, 1.165) is 16.9 Å². The molecular weight excluding hydrogens is 277 g/mol. The Morgan fingerprint density at radius 3 is 2.30 bits per heavy atom. The Labute approximate surface area is 123 Å². The number of hydrogen-bond donors (Lipinski definition) is 1. The molecule has 0 aromatic heterocycles. The summed E-state index contributed by atoms with van der Waals surface area (Å²) >= 11 is 6.00. The summed E-state index contributed by atoms with van der Waals surface area (Å²) in [4.78, 5) is 0. The lowest BCUT2D eigenvalue weighted by atomic mass is 10.1. The van der Waals surface area contributed by atoms with Gasteiger partial charge < -0.3 is 10.5 Å². The molecule has 0 saturated heterocycles. The molecule has 4 heteroatoms. The Morgan fingerprint density at radius 1 is 1.15 bits per heavy atom. The van der Waals surface area contributed by atoms with Crippen molar-refractivity contribution in [3.8, 4) is 11.5 Å². The second-order valence-corrected chi connectivity index (χ2v) is 5.38. The van der Waals surface area contributed by atoms with Crippen molar-refractivity contribution in [3.05, 3.63) is 57.9 Å². The monoisotopic (exact) mass is 293 g/mol. The molecular formula is C16H17ClFNO. The number of nitrogens with two attached hydrogens (primary N) is 1. The average Bonchev–Trinajstić information content (AvgIpc) is 2.34. The number of rotatable bonds is 3. The van der Waals surface area contributed by atoms with Crippen molar-refractivity contribution in [2.24, 2.45) is 5.73 Å². The highest BCUT2D eigenvalue weighted by Gasteiger charge is 2.13. The van der Waals surface area contributed by atoms with Gasteiger partial charge in [0.05, 0.1) is 0 Å². The molecule has 2 aromatic rings. The first-order valence-corrected chi connectivity index (χ1v) is 6.76. The van der Waals surface area contributed by atoms with Crippen LogP contribution in [0.25, 0.3) is 0 Å². The van der Waals surface area contributed by atoms with Gasteiger partial charge in [0.25, 0.3) is 0 Å². The van der Waals surface area contributed by atoms with Crippen molar-refractivity contribution in [1.29, 1.82) is 0 Å². The van der Waals surface area contributed by atoms with Crippen LogP contribution in [0.1, 0.15) is 29.7 Å². The van der Waals surface area contributed by atoms with E-state index in [9.17, 15) is 4.39 Å². The highest BCUT2D eigenvalue weighted by molar-refractivity contribution is 6.30. The van der Waals surface area contributed by atoms with E-state index in [4.69, 9.17) is 22.1 Å². The predicted octanol–water partition coefficient (Wildman–Crippen LogP) is 4.91. The SMILES string of the molecule is Cc1cc(Cl)cc(C)c1Oc1ccc(F)cc1C(C)N. The summed E-state index contributed by atoms with van der Waals surface area (Å²) in [7, 11) is 0. The fraction of sp³-hybridized carbons (Fsp3) is 0.250. The van der Waals surface area contributed by atoms with Gasteiger partial charge in [-0.25, -0.2) is 4.39 Å². The van der Waals surface area contributed by atoms with Crippen LogP contribution in [-0.4, -0.2) is 0 Å². The zero-order valence-corrected chi connectivity index (χ0v) is 12.5. The van der Waals surface area contributed by atoms with Crippen LogP contribution in [-0.2, 0) is 0 Å². The molecule has 2 rings (SSSR count). The quantitative estimate of drug-likeness (QED) is 0.873. The maximum absolute atomic E-state index is 13.3. The minimum Gasteiger partial charge on any atom is -0.456 e. The summed E-state index contributed by atoms with van der Waals surface area (Å²) < 4.78 is 19.3. The molecule has 2 nitrogen and oxygen atoms in total. The molecule has 2 aromatic carbocycles. The molecule has 0 aliphatic heterocycles. The molecule has 1 atom stereocenters. The minimum absolute atomic E-state index is 0.311. The number of ether oxygens (including phenoxy) is 1. The topological polar surface area (TPSA) is 35.2 Å².